The van der Waals surface area contributed by atoms with E-state index in [1.165, 1.54) is 6.92 Å². The molecule has 0 unspecified atom stereocenters. The summed E-state index contributed by atoms with van der Waals surface area (Å²) in [5, 5.41) is 8.18. The monoisotopic (exact) mass is 304 g/mol. The van der Waals surface area contributed by atoms with E-state index in [9.17, 15) is 4.79 Å². The van der Waals surface area contributed by atoms with Crippen molar-refractivity contribution in [3.8, 4) is 5.75 Å². The molecule has 1 aromatic heterocycles. The molecule has 0 aliphatic heterocycles. The fourth-order valence-corrected chi connectivity index (χ4v) is 2.69. The summed E-state index contributed by atoms with van der Waals surface area (Å²) in [5.74, 6) is 0.781. The lowest BCUT2D eigenvalue weighted by atomic mass is 10.2. The van der Waals surface area contributed by atoms with Crippen molar-refractivity contribution in [2.24, 2.45) is 0 Å². The Morgan fingerprint density at radius 3 is 2.71 bits per heavy atom. The molecule has 1 amide bonds. The number of carbonyl (C=O) groups is 1. The topological polar surface area (TPSA) is 50.4 Å². The summed E-state index contributed by atoms with van der Waals surface area (Å²) in [6.07, 6.45) is 0.129. The fourth-order valence-electron chi connectivity index (χ4n) is 1.92. The molecular weight excluding hydrogens is 284 g/mol. The van der Waals surface area contributed by atoms with Gasteiger partial charge in [0, 0.05) is 11.8 Å². The third-order valence-electron chi connectivity index (χ3n) is 2.75. The van der Waals surface area contributed by atoms with Gasteiger partial charge in [-0.3, -0.25) is 4.79 Å². The van der Waals surface area contributed by atoms with Gasteiger partial charge in [0.2, 0.25) is 5.91 Å². The van der Waals surface area contributed by atoms with E-state index in [2.05, 4.69) is 10.6 Å². The van der Waals surface area contributed by atoms with Gasteiger partial charge in [-0.05, 0) is 37.4 Å². The minimum absolute atomic E-state index is 0.0572. The van der Waals surface area contributed by atoms with Gasteiger partial charge in [0.05, 0.1) is 24.0 Å². The fraction of sp³-hybridized carbons (Fsp3) is 0.312. The Morgan fingerprint density at radius 1 is 1.24 bits per heavy atom. The Labute approximate surface area is 129 Å². The molecule has 0 radical (unpaired) electrons. The highest BCUT2D eigenvalue weighted by Crippen LogP contribution is 2.28. The maximum absolute atomic E-state index is 11.2. The number of thiophene rings is 1. The molecule has 0 saturated carbocycles. The standard InChI is InChI=1S/C16H20N2O2S/c1-11(2)20-15-7-5-4-6-13(15)17-10-16-14(8-9-21-16)18-12(3)19/h4-9,11,17H,10H2,1-3H3,(H,18,19). The number of hydrogen-bond acceptors (Lipinski definition) is 4. The van der Waals surface area contributed by atoms with Gasteiger partial charge in [-0.25, -0.2) is 0 Å². The van der Waals surface area contributed by atoms with Gasteiger partial charge in [0.15, 0.2) is 0 Å². The average molecular weight is 304 g/mol. The normalized spacial score (nSPS) is 10.5. The van der Waals surface area contributed by atoms with Crippen molar-refractivity contribution in [1.29, 1.82) is 0 Å². The maximum Gasteiger partial charge on any atom is 0.221 e. The van der Waals surface area contributed by atoms with E-state index in [0.717, 1.165) is 22.0 Å². The number of anilines is 2. The summed E-state index contributed by atoms with van der Waals surface area (Å²) in [5.41, 5.74) is 1.82. The van der Waals surface area contributed by atoms with Crippen LogP contribution in [-0.2, 0) is 11.3 Å². The van der Waals surface area contributed by atoms with Crippen LogP contribution in [0.15, 0.2) is 35.7 Å². The Morgan fingerprint density at radius 2 is 2.00 bits per heavy atom. The van der Waals surface area contributed by atoms with Gasteiger partial charge >= 0.3 is 0 Å². The molecule has 0 saturated heterocycles. The van der Waals surface area contributed by atoms with E-state index in [1.807, 2.05) is 49.6 Å². The van der Waals surface area contributed by atoms with E-state index in [1.54, 1.807) is 11.3 Å². The molecule has 0 aliphatic rings. The SMILES string of the molecule is CC(=O)Nc1ccsc1CNc1ccccc1OC(C)C. The van der Waals surface area contributed by atoms with Crippen LogP contribution in [0.25, 0.3) is 0 Å². The highest BCUT2D eigenvalue weighted by Gasteiger charge is 2.08. The first-order valence-corrected chi connectivity index (χ1v) is 7.77. The van der Waals surface area contributed by atoms with Crippen LogP contribution in [0.3, 0.4) is 0 Å². The summed E-state index contributed by atoms with van der Waals surface area (Å²) < 4.78 is 5.78. The van der Waals surface area contributed by atoms with Gasteiger partial charge in [0.1, 0.15) is 5.75 Å². The third kappa shape index (κ3) is 4.49. The number of nitrogens with one attached hydrogen (secondary N) is 2. The van der Waals surface area contributed by atoms with E-state index >= 15 is 0 Å². The van der Waals surface area contributed by atoms with Gasteiger partial charge in [-0.2, -0.15) is 0 Å². The number of para-hydroxylation sites is 2. The number of hydrogen-bond donors (Lipinski definition) is 2. The van der Waals surface area contributed by atoms with Gasteiger partial charge in [-0.1, -0.05) is 12.1 Å². The zero-order valence-electron chi connectivity index (χ0n) is 12.5. The van der Waals surface area contributed by atoms with Gasteiger partial charge in [0.25, 0.3) is 0 Å². The van der Waals surface area contributed by atoms with Crippen LogP contribution in [0.4, 0.5) is 11.4 Å². The number of amides is 1. The number of ether oxygens (including phenoxy) is 1. The van der Waals surface area contributed by atoms with Gasteiger partial charge < -0.3 is 15.4 Å². The molecule has 2 aromatic rings. The van der Waals surface area contributed by atoms with Crippen LogP contribution in [0.5, 0.6) is 5.75 Å². The molecule has 1 heterocycles. The smallest absolute Gasteiger partial charge is 0.221 e. The second-order valence-electron chi connectivity index (χ2n) is 4.95. The highest BCUT2D eigenvalue weighted by molar-refractivity contribution is 7.10. The molecule has 0 atom stereocenters. The lowest BCUT2D eigenvalue weighted by Gasteiger charge is -2.15. The zero-order valence-corrected chi connectivity index (χ0v) is 13.3. The van der Waals surface area contributed by atoms with Crippen molar-refractivity contribution in [3.05, 3.63) is 40.6 Å². The Kier molecular flexibility index (Phi) is 5.22. The van der Waals surface area contributed by atoms with Crippen molar-refractivity contribution in [2.75, 3.05) is 10.6 Å². The Balaban J connectivity index is 2.06. The quantitative estimate of drug-likeness (QED) is 0.844. The molecule has 2 N–H and O–H groups in total. The molecule has 21 heavy (non-hydrogen) atoms. The van der Waals surface area contributed by atoms with E-state index in [0.29, 0.717) is 6.54 Å². The van der Waals surface area contributed by atoms with Crippen LogP contribution in [-0.4, -0.2) is 12.0 Å². The molecule has 2 rings (SSSR count). The van der Waals surface area contributed by atoms with E-state index in [4.69, 9.17) is 4.74 Å². The summed E-state index contributed by atoms with van der Waals surface area (Å²) >= 11 is 1.61. The molecule has 0 fully saturated rings. The summed E-state index contributed by atoms with van der Waals surface area (Å²) in [6, 6.07) is 9.78. The molecule has 4 nitrogen and oxygen atoms in total. The average Bonchev–Trinajstić information content (AvgIpc) is 2.83. The Hall–Kier alpha value is -2.01. The first-order valence-electron chi connectivity index (χ1n) is 6.89. The predicted molar refractivity (Wildman–Crippen MR) is 88.2 cm³/mol. The first kappa shape index (κ1) is 15.4. The molecule has 5 heteroatoms. The first-order chi connectivity index (χ1) is 10.1. The van der Waals surface area contributed by atoms with Crippen LogP contribution in [0, 0.1) is 0 Å². The molecule has 1 aromatic carbocycles. The highest BCUT2D eigenvalue weighted by atomic mass is 32.1. The summed E-state index contributed by atoms with van der Waals surface area (Å²) in [7, 11) is 0. The lowest BCUT2D eigenvalue weighted by Crippen LogP contribution is -2.10. The minimum Gasteiger partial charge on any atom is -0.489 e. The molecule has 0 spiro atoms. The second-order valence-corrected chi connectivity index (χ2v) is 5.96. The molecule has 112 valence electrons. The predicted octanol–water partition coefficient (Wildman–Crippen LogP) is 4.11. The maximum atomic E-state index is 11.2. The van der Waals surface area contributed by atoms with Crippen LogP contribution < -0.4 is 15.4 Å². The largest absolute Gasteiger partial charge is 0.489 e. The molecular formula is C16H20N2O2S. The van der Waals surface area contributed by atoms with Crippen molar-refractivity contribution < 1.29 is 9.53 Å². The number of benzene rings is 1. The number of rotatable bonds is 6. The van der Waals surface area contributed by atoms with Crippen molar-refractivity contribution in [3.63, 3.8) is 0 Å². The van der Waals surface area contributed by atoms with Crippen molar-refractivity contribution >= 4 is 28.6 Å². The molecule has 0 bridgehead atoms. The van der Waals surface area contributed by atoms with Gasteiger partial charge in [-0.15, -0.1) is 11.3 Å². The lowest BCUT2D eigenvalue weighted by molar-refractivity contribution is -0.114. The van der Waals surface area contributed by atoms with Crippen molar-refractivity contribution in [1.82, 2.24) is 0 Å². The Bertz CT molecular complexity index is 608. The van der Waals surface area contributed by atoms with Crippen LogP contribution >= 0.6 is 11.3 Å². The van der Waals surface area contributed by atoms with E-state index < -0.39 is 0 Å². The zero-order chi connectivity index (χ0) is 15.2. The van der Waals surface area contributed by atoms with Crippen LogP contribution in [0.1, 0.15) is 25.6 Å². The van der Waals surface area contributed by atoms with E-state index in [-0.39, 0.29) is 12.0 Å². The number of carbonyl (C=O) groups excluding carboxylic acids is 1. The van der Waals surface area contributed by atoms with Crippen molar-refractivity contribution in [2.45, 2.75) is 33.4 Å². The minimum atomic E-state index is -0.0572. The summed E-state index contributed by atoms with van der Waals surface area (Å²) in [4.78, 5) is 12.3. The second kappa shape index (κ2) is 7.13. The third-order valence-corrected chi connectivity index (χ3v) is 3.67. The molecule has 0 aliphatic carbocycles. The van der Waals surface area contributed by atoms with Crippen LogP contribution in [0.2, 0.25) is 0 Å². The summed E-state index contributed by atoms with van der Waals surface area (Å²) in [6.45, 7) is 6.17.